The van der Waals surface area contributed by atoms with Crippen molar-refractivity contribution >= 4 is 23.5 Å². The van der Waals surface area contributed by atoms with Gasteiger partial charge in [-0.15, -0.1) is 0 Å². The van der Waals surface area contributed by atoms with Crippen molar-refractivity contribution in [2.24, 2.45) is 0 Å². The molecule has 2 N–H and O–H groups in total. The van der Waals surface area contributed by atoms with Crippen molar-refractivity contribution in [2.75, 3.05) is 11.9 Å². The molecule has 3 rings (SSSR count). The largest absolute Gasteiger partial charge is 0.451 e. The number of nitrogens with one attached hydrogen (secondary N) is 2. The lowest BCUT2D eigenvalue weighted by Crippen LogP contribution is -2.36. The number of para-hydroxylation sites is 1. The monoisotopic (exact) mass is 420 g/mol. The van der Waals surface area contributed by atoms with Gasteiger partial charge in [-0.05, 0) is 42.3 Å². The minimum atomic E-state index is -1.16. The Balaban J connectivity index is 1.48. The molecule has 158 valence electrons. The molecule has 31 heavy (non-hydrogen) atoms. The number of halogens is 1. The summed E-state index contributed by atoms with van der Waals surface area (Å²) in [4.78, 5) is 36.3. The van der Waals surface area contributed by atoms with Crippen LogP contribution in [-0.4, -0.2) is 30.4 Å². The zero-order valence-corrected chi connectivity index (χ0v) is 16.8. The van der Waals surface area contributed by atoms with Gasteiger partial charge in [0.25, 0.3) is 11.8 Å². The van der Waals surface area contributed by atoms with E-state index in [2.05, 4.69) is 10.6 Å². The maximum absolute atomic E-state index is 13.6. The molecule has 0 fully saturated rings. The van der Waals surface area contributed by atoms with E-state index in [0.717, 1.165) is 11.1 Å². The highest BCUT2D eigenvalue weighted by Gasteiger charge is 2.19. The standard InChI is InChI=1S/C24H21FN2O4/c1-16(23(29)27-21-10-6-5-9-20(21)25)31-22(28)15-26-24(30)19-13-11-18(12-14-19)17-7-3-2-4-8-17/h2-14,16H,15H2,1H3,(H,26,30)(H,27,29). The molecular formula is C24H21FN2O4. The van der Waals surface area contributed by atoms with Crippen molar-refractivity contribution in [1.29, 1.82) is 0 Å². The van der Waals surface area contributed by atoms with E-state index in [-0.39, 0.29) is 5.69 Å². The highest BCUT2D eigenvalue weighted by Crippen LogP contribution is 2.19. The third kappa shape index (κ3) is 5.99. The number of carbonyl (C=O) groups excluding carboxylic acids is 3. The summed E-state index contributed by atoms with van der Waals surface area (Å²) in [5, 5.41) is 4.80. The zero-order valence-electron chi connectivity index (χ0n) is 16.8. The van der Waals surface area contributed by atoms with Gasteiger partial charge in [0.1, 0.15) is 12.4 Å². The van der Waals surface area contributed by atoms with E-state index < -0.39 is 36.2 Å². The maximum atomic E-state index is 13.6. The van der Waals surface area contributed by atoms with Gasteiger partial charge in [-0.2, -0.15) is 0 Å². The summed E-state index contributed by atoms with van der Waals surface area (Å²) in [6, 6.07) is 22.3. The number of amides is 2. The normalized spacial score (nSPS) is 11.3. The molecule has 0 spiro atoms. The lowest BCUT2D eigenvalue weighted by atomic mass is 10.0. The summed E-state index contributed by atoms with van der Waals surface area (Å²) in [5.74, 6) is -2.51. The topological polar surface area (TPSA) is 84.5 Å². The van der Waals surface area contributed by atoms with Crippen LogP contribution in [0, 0.1) is 5.82 Å². The number of anilines is 1. The van der Waals surface area contributed by atoms with Gasteiger partial charge in [0, 0.05) is 5.56 Å². The molecule has 0 saturated carbocycles. The molecule has 0 radical (unpaired) electrons. The van der Waals surface area contributed by atoms with Crippen LogP contribution in [0.5, 0.6) is 0 Å². The first-order valence-electron chi connectivity index (χ1n) is 9.62. The number of hydrogen-bond acceptors (Lipinski definition) is 4. The number of ether oxygens (including phenoxy) is 1. The summed E-state index contributed by atoms with van der Waals surface area (Å²) < 4.78 is 18.6. The fraction of sp³-hybridized carbons (Fsp3) is 0.125. The molecule has 0 bridgehead atoms. The molecule has 0 aliphatic heterocycles. The molecule has 0 aliphatic rings. The Bertz CT molecular complexity index is 1070. The van der Waals surface area contributed by atoms with E-state index in [4.69, 9.17) is 4.74 Å². The Hall–Kier alpha value is -4.00. The molecule has 7 heteroatoms. The van der Waals surface area contributed by atoms with E-state index in [0.29, 0.717) is 5.56 Å². The molecule has 1 unspecified atom stereocenters. The van der Waals surface area contributed by atoms with Gasteiger partial charge in [0.2, 0.25) is 0 Å². The highest BCUT2D eigenvalue weighted by atomic mass is 19.1. The van der Waals surface area contributed by atoms with Crippen LogP contribution in [-0.2, 0) is 14.3 Å². The molecule has 6 nitrogen and oxygen atoms in total. The Morgan fingerprint density at radius 3 is 2.16 bits per heavy atom. The second kappa shape index (κ2) is 10.2. The highest BCUT2D eigenvalue weighted by molar-refractivity contribution is 5.97. The van der Waals surface area contributed by atoms with Crippen LogP contribution >= 0.6 is 0 Å². The Morgan fingerprint density at radius 2 is 1.48 bits per heavy atom. The smallest absolute Gasteiger partial charge is 0.326 e. The quantitative estimate of drug-likeness (QED) is 0.570. The van der Waals surface area contributed by atoms with Crippen LogP contribution in [0.4, 0.5) is 10.1 Å². The number of rotatable bonds is 7. The van der Waals surface area contributed by atoms with E-state index >= 15 is 0 Å². The van der Waals surface area contributed by atoms with Crippen LogP contribution in [0.1, 0.15) is 17.3 Å². The molecule has 0 heterocycles. The Labute approximate surface area is 179 Å². The Kier molecular flexibility index (Phi) is 7.11. The van der Waals surface area contributed by atoms with Gasteiger partial charge >= 0.3 is 5.97 Å². The van der Waals surface area contributed by atoms with E-state index in [1.807, 2.05) is 42.5 Å². The first-order chi connectivity index (χ1) is 14.9. The van der Waals surface area contributed by atoms with Crippen molar-refractivity contribution in [3.05, 3.63) is 90.2 Å². The molecule has 0 saturated heterocycles. The summed E-state index contributed by atoms with van der Waals surface area (Å²) in [6.07, 6.45) is -1.16. The lowest BCUT2D eigenvalue weighted by molar-refractivity contribution is -0.152. The summed E-state index contributed by atoms with van der Waals surface area (Å²) in [6.45, 7) is 0.953. The van der Waals surface area contributed by atoms with Crippen LogP contribution in [0.3, 0.4) is 0 Å². The molecular weight excluding hydrogens is 399 g/mol. The predicted molar refractivity (Wildman–Crippen MR) is 115 cm³/mol. The molecule has 3 aromatic rings. The first kappa shape index (κ1) is 21.7. The molecule has 3 aromatic carbocycles. The van der Waals surface area contributed by atoms with E-state index in [9.17, 15) is 18.8 Å². The lowest BCUT2D eigenvalue weighted by Gasteiger charge is -2.14. The summed E-state index contributed by atoms with van der Waals surface area (Å²) in [5.41, 5.74) is 2.37. The maximum Gasteiger partial charge on any atom is 0.326 e. The fourth-order valence-electron chi connectivity index (χ4n) is 2.79. The van der Waals surface area contributed by atoms with Crippen LogP contribution < -0.4 is 10.6 Å². The SMILES string of the molecule is CC(OC(=O)CNC(=O)c1ccc(-c2ccccc2)cc1)C(=O)Nc1ccccc1F. The molecule has 1 atom stereocenters. The number of esters is 1. The van der Waals surface area contributed by atoms with Gasteiger partial charge in [-0.25, -0.2) is 4.39 Å². The third-order valence-electron chi connectivity index (χ3n) is 4.46. The number of hydrogen-bond donors (Lipinski definition) is 2. The van der Waals surface area contributed by atoms with Crippen molar-refractivity contribution in [3.63, 3.8) is 0 Å². The van der Waals surface area contributed by atoms with Crippen LogP contribution in [0.2, 0.25) is 0 Å². The van der Waals surface area contributed by atoms with Gasteiger partial charge in [-0.1, -0.05) is 54.6 Å². The van der Waals surface area contributed by atoms with Crippen LogP contribution in [0.15, 0.2) is 78.9 Å². The Morgan fingerprint density at radius 1 is 0.871 bits per heavy atom. The van der Waals surface area contributed by atoms with Gasteiger partial charge in [0.05, 0.1) is 5.69 Å². The van der Waals surface area contributed by atoms with Gasteiger partial charge in [-0.3, -0.25) is 14.4 Å². The molecule has 2 amide bonds. The van der Waals surface area contributed by atoms with Gasteiger partial charge in [0.15, 0.2) is 6.10 Å². The fourth-order valence-corrected chi connectivity index (χ4v) is 2.79. The predicted octanol–water partition coefficient (Wildman–Crippen LogP) is 3.79. The minimum absolute atomic E-state index is 0.0114. The molecule has 0 aromatic heterocycles. The number of carbonyl (C=O) groups is 3. The second-order valence-electron chi connectivity index (χ2n) is 6.73. The van der Waals surface area contributed by atoms with Gasteiger partial charge < -0.3 is 15.4 Å². The van der Waals surface area contributed by atoms with E-state index in [1.54, 1.807) is 18.2 Å². The van der Waals surface area contributed by atoms with Crippen LogP contribution in [0.25, 0.3) is 11.1 Å². The van der Waals surface area contributed by atoms with Crippen molar-refractivity contribution in [2.45, 2.75) is 13.0 Å². The average Bonchev–Trinajstić information content (AvgIpc) is 2.79. The van der Waals surface area contributed by atoms with Crippen molar-refractivity contribution in [3.8, 4) is 11.1 Å². The summed E-state index contributed by atoms with van der Waals surface area (Å²) in [7, 11) is 0. The zero-order chi connectivity index (χ0) is 22.2. The third-order valence-corrected chi connectivity index (χ3v) is 4.46. The van der Waals surface area contributed by atoms with Crippen molar-refractivity contribution < 1.29 is 23.5 Å². The van der Waals surface area contributed by atoms with Crippen molar-refractivity contribution in [1.82, 2.24) is 5.32 Å². The van der Waals surface area contributed by atoms with E-state index in [1.165, 1.54) is 25.1 Å². The minimum Gasteiger partial charge on any atom is -0.451 e. The molecule has 0 aliphatic carbocycles. The number of benzene rings is 3. The summed E-state index contributed by atoms with van der Waals surface area (Å²) >= 11 is 0. The first-order valence-corrected chi connectivity index (χ1v) is 9.62. The second-order valence-corrected chi connectivity index (χ2v) is 6.73. The average molecular weight is 420 g/mol.